The molecule has 0 unspecified atom stereocenters. The molecule has 1 heterocycles. The zero-order valence-electron chi connectivity index (χ0n) is 21.1. The van der Waals surface area contributed by atoms with E-state index in [-0.39, 0.29) is 12.2 Å². The lowest BCUT2D eigenvalue weighted by atomic mass is 10.1. The molecule has 10 heteroatoms. The topological polar surface area (TPSA) is 111 Å². The molecule has 0 bridgehead atoms. The molecule has 0 aliphatic carbocycles. The van der Waals surface area contributed by atoms with Gasteiger partial charge in [-0.25, -0.2) is 4.68 Å². The van der Waals surface area contributed by atoms with Crippen molar-refractivity contribution in [2.45, 2.75) is 13.3 Å². The van der Waals surface area contributed by atoms with Gasteiger partial charge in [0.15, 0.2) is 11.5 Å². The maximum atomic E-state index is 13.1. The molecule has 3 aromatic carbocycles. The molecule has 1 aromatic heterocycles. The maximum Gasteiger partial charge on any atom is 0.328 e. The highest BCUT2D eigenvalue weighted by Gasteiger charge is 2.21. The van der Waals surface area contributed by atoms with Crippen molar-refractivity contribution >= 4 is 45.9 Å². The Balaban J connectivity index is 1.47. The number of ether oxygens (including phenoxy) is 2. The molecule has 3 N–H and O–H groups in total. The highest BCUT2D eigenvalue weighted by molar-refractivity contribution is 6.38. The summed E-state index contributed by atoms with van der Waals surface area (Å²) in [5.74, 6) is -1.05. The Morgan fingerprint density at radius 2 is 1.68 bits per heavy atom. The number of aryl methyl sites for hydroxylation is 1. The van der Waals surface area contributed by atoms with Gasteiger partial charge in [0.25, 0.3) is 5.91 Å². The second-order valence-corrected chi connectivity index (χ2v) is 8.96. The third-order valence-electron chi connectivity index (χ3n) is 5.84. The van der Waals surface area contributed by atoms with Crippen LogP contribution in [0.1, 0.15) is 21.6 Å². The van der Waals surface area contributed by atoms with Crippen molar-refractivity contribution in [3.05, 3.63) is 88.6 Å². The van der Waals surface area contributed by atoms with Crippen LogP contribution in [0.2, 0.25) is 5.02 Å². The predicted octanol–water partition coefficient (Wildman–Crippen LogP) is 4.30. The van der Waals surface area contributed by atoms with E-state index in [4.69, 9.17) is 21.1 Å². The van der Waals surface area contributed by atoms with Gasteiger partial charge in [0.2, 0.25) is 0 Å². The SMILES string of the molecule is COc1ccc(CCNC(=O)C(=O)Nn2c(C(=O)Nc3cccc(C)c3)cc3cc(Cl)ccc32)cc1OC. The summed E-state index contributed by atoms with van der Waals surface area (Å²) >= 11 is 6.13. The van der Waals surface area contributed by atoms with Crippen LogP contribution in [-0.2, 0) is 16.0 Å². The van der Waals surface area contributed by atoms with Crippen LogP contribution in [0.3, 0.4) is 0 Å². The van der Waals surface area contributed by atoms with Crippen LogP contribution in [-0.4, -0.2) is 43.2 Å². The van der Waals surface area contributed by atoms with E-state index in [0.717, 1.165) is 11.1 Å². The molecule has 0 spiro atoms. The zero-order valence-corrected chi connectivity index (χ0v) is 21.9. The Labute approximate surface area is 224 Å². The van der Waals surface area contributed by atoms with Crippen LogP contribution in [0.25, 0.3) is 10.9 Å². The quantitative estimate of drug-likeness (QED) is 0.292. The van der Waals surface area contributed by atoms with Crippen molar-refractivity contribution in [1.82, 2.24) is 9.99 Å². The minimum Gasteiger partial charge on any atom is -0.493 e. The molecule has 4 aromatic rings. The second kappa shape index (κ2) is 11.7. The standard InChI is InChI=1S/C28H27ClN4O5/c1-17-5-4-6-21(13-17)31-26(34)23-16-19-15-20(29)8-9-22(19)33(23)32-28(36)27(35)30-12-11-18-7-10-24(37-2)25(14-18)38-3/h4-10,13-16H,11-12H2,1-3H3,(H,30,35)(H,31,34)(H,32,36). The van der Waals surface area contributed by atoms with Crippen molar-refractivity contribution in [2.24, 2.45) is 0 Å². The molecular formula is C28H27ClN4O5. The molecule has 3 amide bonds. The summed E-state index contributed by atoms with van der Waals surface area (Å²) in [6.45, 7) is 2.13. The maximum absolute atomic E-state index is 13.1. The van der Waals surface area contributed by atoms with E-state index in [1.165, 1.54) is 4.68 Å². The number of rotatable bonds is 8. The number of amides is 3. The van der Waals surface area contributed by atoms with Crippen molar-refractivity contribution in [2.75, 3.05) is 31.5 Å². The van der Waals surface area contributed by atoms with Crippen molar-refractivity contribution < 1.29 is 23.9 Å². The van der Waals surface area contributed by atoms with Gasteiger partial charge in [-0.3, -0.25) is 19.8 Å². The van der Waals surface area contributed by atoms with Gasteiger partial charge in [-0.15, -0.1) is 0 Å². The summed E-state index contributed by atoms with van der Waals surface area (Å²) < 4.78 is 11.8. The molecule has 0 aliphatic heterocycles. The average molecular weight is 535 g/mol. The van der Waals surface area contributed by atoms with Crippen LogP contribution in [0, 0.1) is 6.92 Å². The van der Waals surface area contributed by atoms with Gasteiger partial charge in [0.05, 0.1) is 19.7 Å². The monoisotopic (exact) mass is 534 g/mol. The molecule has 0 saturated heterocycles. The number of fused-ring (bicyclic) bond motifs is 1. The number of nitrogens with one attached hydrogen (secondary N) is 3. The lowest BCUT2D eigenvalue weighted by molar-refractivity contribution is -0.136. The predicted molar refractivity (Wildman–Crippen MR) is 147 cm³/mol. The van der Waals surface area contributed by atoms with Gasteiger partial charge in [0.1, 0.15) is 5.69 Å². The first-order chi connectivity index (χ1) is 18.3. The fourth-order valence-electron chi connectivity index (χ4n) is 3.98. The number of carbonyl (C=O) groups excluding carboxylic acids is 3. The highest BCUT2D eigenvalue weighted by Crippen LogP contribution is 2.27. The summed E-state index contributed by atoms with van der Waals surface area (Å²) in [5, 5.41) is 6.52. The minimum atomic E-state index is -0.922. The van der Waals surface area contributed by atoms with Crippen LogP contribution in [0.4, 0.5) is 5.69 Å². The molecular weight excluding hydrogens is 508 g/mol. The van der Waals surface area contributed by atoms with E-state index in [1.807, 2.05) is 31.2 Å². The molecule has 9 nitrogen and oxygen atoms in total. The summed E-state index contributed by atoms with van der Waals surface area (Å²) in [6.07, 6.45) is 0.467. The van der Waals surface area contributed by atoms with E-state index in [1.54, 1.807) is 56.7 Å². The fraction of sp³-hybridized carbons (Fsp3) is 0.179. The highest BCUT2D eigenvalue weighted by atomic mass is 35.5. The smallest absolute Gasteiger partial charge is 0.328 e. The molecule has 0 radical (unpaired) electrons. The van der Waals surface area contributed by atoms with E-state index < -0.39 is 17.7 Å². The third kappa shape index (κ3) is 6.07. The molecule has 0 fully saturated rings. The number of hydrogen-bond acceptors (Lipinski definition) is 5. The largest absolute Gasteiger partial charge is 0.493 e. The van der Waals surface area contributed by atoms with Gasteiger partial charge in [-0.1, -0.05) is 29.8 Å². The van der Waals surface area contributed by atoms with E-state index >= 15 is 0 Å². The Bertz CT molecular complexity index is 1510. The number of halogens is 1. The van der Waals surface area contributed by atoms with Gasteiger partial charge in [-0.05, 0) is 73.0 Å². The molecule has 0 atom stereocenters. The van der Waals surface area contributed by atoms with Gasteiger partial charge in [0, 0.05) is 22.6 Å². The van der Waals surface area contributed by atoms with Crippen molar-refractivity contribution in [3.63, 3.8) is 0 Å². The lowest BCUT2D eigenvalue weighted by Gasteiger charge is -2.13. The Kier molecular flexibility index (Phi) is 8.18. The minimum absolute atomic E-state index is 0.134. The Morgan fingerprint density at radius 3 is 2.42 bits per heavy atom. The number of anilines is 1. The molecule has 38 heavy (non-hydrogen) atoms. The first kappa shape index (κ1) is 26.6. The number of hydrogen-bond donors (Lipinski definition) is 3. The third-order valence-corrected chi connectivity index (χ3v) is 6.07. The fourth-order valence-corrected chi connectivity index (χ4v) is 4.16. The molecule has 196 valence electrons. The first-order valence-corrected chi connectivity index (χ1v) is 12.2. The van der Waals surface area contributed by atoms with Gasteiger partial charge < -0.3 is 20.1 Å². The van der Waals surface area contributed by atoms with Crippen LogP contribution < -0.4 is 25.5 Å². The molecule has 0 saturated carbocycles. The van der Waals surface area contributed by atoms with Crippen molar-refractivity contribution in [1.29, 1.82) is 0 Å². The zero-order chi connectivity index (χ0) is 27.2. The van der Waals surface area contributed by atoms with Gasteiger partial charge in [-0.2, -0.15) is 0 Å². The summed E-state index contributed by atoms with van der Waals surface area (Å²) in [7, 11) is 3.10. The Morgan fingerprint density at radius 1 is 0.895 bits per heavy atom. The normalized spacial score (nSPS) is 10.6. The first-order valence-electron chi connectivity index (χ1n) is 11.8. The van der Waals surface area contributed by atoms with E-state index in [2.05, 4.69) is 16.1 Å². The molecule has 4 rings (SSSR count). The molecule has 0 aliphatic rings. The average Bonchev–Trinajstić information content (AvgIpc) is 3.25. The summed E-state index contributed by atoms with van der Waals surface area (Å²) in [6, 6.07) is 19.3. The van der Waals surface area contributed by atoms with Crippen LogP contribution in [0.15, 0.2) is 66.7 Å². The summed E-state index contributed by atoms with van der Waals surface area (Å²) in [5.41, 5.74) is 5.66. The number of aromatic nitrogens is 1. The van der Waals surface area contributed by atoms with Crippen LogP contribution in [0.5, 0.6) is 11.5 Å². The number of methoxy groups -OCH3 is 2. The van der Waals surface area contributed by atoms with E-state index in [0.29, 0.717) is 39.5 Å². The number of benzene rings is 3. The number of carbonyl (C=O) groups is 3. The lowest BCUT2D eigenvalue weighted by Crippen LogP contribution is -2.40. The van der Waals surface area contributed by atoms with Crippen molar-refractivity contribution in [3.8, 4) is 11.5 Å². The number of nitrogens with zero attached hydrogens (tertiary/aromatic N) is 1. The van der Waals surface area contributed by atoms with E-state index in [9.17, 15) is 14.4 Å². The van der Waals surface area contributed by atoms with Crippen LogP contribution >= 0.6 is 11.6 Å². The Hall–Kier alpha value is -4.50. The summed E-state index contributed by atoms with van der Waals surface area (Å²) in [4.78, 5) is 38.5. The van der Waals surface area contributed by atoms with Gasteiger partial charge >= 0.3 is 11.8 Å². The second-order valence-electron chi connectivity index (χ2n) is 8.53.